The molecule has 2 aliphatic rings. The lowest BCUT2D eigenvalue weighted by Gasteiger charge is -2.42. The van der Waals surface area contributed by atoms with Crippen molar-refractivity contribution in [2.24, 2.45) is 0 Å². The first-order valence-electron chi connectivity index (χ1n) is 8.91. The smallest absolute Gasteiger partial charge is 0.254 e. The molecule has 5 nitrogen and oxygen atoms in total. The minimum absolute atomic E-state index is 0.0482. The first-order valence-corrected chi connectivity index (χ1v) is 8.91. The molecule has 1 atom stereocenters. The van der Waals surface area contributed by atoms with E-state index in [-0.39, 0.29) is 11.4 Å². The number of hydrogen-bond donors (Lipinski definition) is 0. The number of methoxy groups -OCH3 is 2. The molecule has 0 aromatic heterocycles. The van der Waals surface area contributed by atoms with Crippen LogP contribution in [0.5, 0.6) is 17.2 Å². The van der Waals surface area contributed by atoms with Gasteiger partial charge >= 0.3 is 0 Å². The van der Waals surface area contributed by atoms with Crippen LogP contribution in [0.4, 0.5) is 0 Å². The first kappa shape index (κ1) is 16.8. The Morgan fingerprint density at radius 3 is 2.65 bits per heavy atom. The fourth-order valence-electron chi connectivity index (χ4n) is 4.12. The number of carbonyl (C=O) groups is 1. The quantitative estimate of drug-likeness (QED) is 0.849. The molecular formula is C21H23NO4. The van der Waals surface area contributed by atoms with Gasteiger partial charge in [0.2, 0.25) is 0 Å². The van der Waals surface area contributed by atoms with Gasteiger partial charge in [0.15, 0.2) is 0 Å². The van der Waals surface area contributed by atoms with Crippen molar-refractivity contribution in [1.82, 2.24) is 4.90 Å². The van der Waals surface area contributed by atoms with Gasteiger partial charge in [-0.3, -0.25) is 4.79 Å². The summed E-state index contributed by atoms with van der Waals surface area (Å²) in [4.78, 5) is 15.2. The van der Waals surface area contributed by atoms with Gasteiger partial charge in [0.25, 0.3) is 5.91 Å². The maximum absolute atomic E-state index is 13.2. The van der Waals surface area contributed by atoms with Crippen molar-refractivity contribution in [3.8, 4) is 17.2 Å². The zero-order chi connectivity index (χ0) is 18.1. The third kappa shape index (κ3) is 2.68. The van der Waals surface area contributed by atoms with Crippen LogP contribution in [0, 0.1) is 0 Å². The van der Waals surface area contributed by atoms with Crippen LogP contribution < -0.4 is 14.2 Å². The van der Waals surface area contributed by atoms with Crippen molar-refractivity contribution in [3.63, 3.8) is 0 Å². The van der Waals surface area contributed by atoms with E-state index < -0.39 is 0 Å². The molecule has 1 amide bonds. The highest BCUT2D eigenvalue weighted by Crippen LogP contribution is 2.43. The van der Waals surface area contributed by atoms with Gasteiger partial charge in [0, 0.05) is 24.1 Å². The molecule has 136 valence electrons. The highest BCUT2D eigenvalue weighted by Gasteiger charge is 2.47. The normalized spacial score (nSPS) is 21.2. The topological polar surface area (TPSA) is 48.0 Å². The lowest BCUT2D eigenvalue weighted by molar-refractivity contribution is 0.0394. The molecule has 4 rings (SSSR count). The van der Waals surface area contributed by atoms with Gasteiger partial charge in [-0.05, 0) is 49.2 Å². The van der Waals surface area contributed by atoms with E-state index in [1.165, 1.54) is 0 Å². The summed E-state index contributed by atoms with van der Waals surface area (Å²) in [7, 11) is 3.29. The Labute approximate surface area is 153 Å². The number of likely N-dealkylation sites (tertiary alicyclic amines) is 1. The van der Waals surface area contributed by atoms with Crippen molar-refractivity contribution in [2.75, 3.05) is 27.4 Å². The van der Waals surface area contributed by atoms with E-state index in [9.17, 15) is 4.79 Å². The molecule has 1 fully saturated rings. The number of ether oxygens (including phenoxy) is 3. The van der Waals surface area contributed by atoms with Gasteiger partial charge in [-0.2, -0.15) is 0 Å². The molecule has 0 radical (unpaired) electrons. The van der Waals surface area contributed by atoms with Crippen molar-refractivity contribution in [3.05, 3.63) is 53.6 Å². The molecule has 2 aromatic rings. The Morgan fingerprint density at radius 1 is 1.12 bits per heavy atom. The number of amides is 1. The Balaban J connectivity index is 1.64. The molecule has 2 aromatic carbocycles. The molecule has 1 unspecified atom stereocenters. The van der Waals surface area contributed by atoms with Crippen LogP contribution in [0.1, 0.15) is 28.8 Å². The fraction of sp³-hybridized carbons (Fsp3) is 0.381. The molecule has 0 saturated carbocycles. The van der Waals surface area contributed by atoms with Crippen LogP contribution >= 0.6 is 0 Å². The molecule has 2 aliphatic heterocycles. The minimum atomic E-state index is -0.307. The molecular weight excluding hydrogens is 330 g/mol. The number of fused-ring (bicyclic) bond motifs is 1. The van der Waals surface area contributed by atoms with Crippen LogP contribution in [0.25, 0.3) is 0 Å². The monoisotopic (exact) mass is 353 g/mol. The molecule has 5 heteroatoms. The van der Waals surface area contributed by atoms with Gasteiger partial charge < -0.3 is 19.1 Å². The third-order valence-corrected chi connectivity index (χ3v) is 5.49. The maximum atomic E-state index is 13.2. The zero-order valence-corrected chi connectivity index (χ0v) is 15.2. The average Bonchev–Trinajstić information content (AvgIpc) is 3.09. The second kappa shape index (κ2) is 6.56. The lowest BCUT2D eigenvalue weighted by atomic mass is 9.85. The molecule has 0 bridgehead atoms. The van der Waals surface area contributed by atoms with Gasteiger partial charge in [0.1, 0.15) is 23.9 Å². The van der Waals surface area contributed by atoms with E-state index in [1.54, 1.807) is 14.2 Å². The van der Waals surface area contributed by atoms with Gasteiger partial charge in [-0.25, -0.2) is 0 Å². The van der Waals surface area contributed by atoms with Crippen LogP contribution in [0.2, 0.25) is 0 Å². The van der Waals surface area contributed by atoms with Crippen LogP contribution in [-0.2, 0) is 6.42 Å². The summed E-state index contributed by atoms with van der Waals surface area (Å²) >= 11 is 0. The van der Waals surface area contributed by atoms with Crippen molar-refractivity contribution in [1.29, 1.82) is 0 Å². The minimum Gasteiger partial charge on any atom is -0.497 e. The second-order valence-corrected chi connectivity index (χ2v) is 6.92. The number of carbonyl (C=O) groups excluding carboxylic acids is 1. The molecule has 0 aliphatic carbocycles. The van der Waals surface area contributed by atoms with Crippen LogP contribution in [-0.4, -0.2) is 43.7 Å². The van der Waals surface area contributed by atoms with E-state index in [0.717, 1.165) is 48.6 Å². The summed E-state index contributed by atoms with van der Waals surface area (Å²) in [5.74, 6) is 2.48. The fourth-order valence-corrected chi connectivity index (χ4v) is 4.12. The van der Waals surface area contributed by atoms with Crippen LogP contribution in [0.3, 0.4) is 0 Å². The van der Waals surface area contributed by atoms with E-state index in [2.05, 4.69) is 0 Å². The third-order valence-electron chi connectivity index (χ3n) is 5.49. The summed E-state index contributed by atoms with van der Waals surface area (Å²) in [5, 5.41) is 0. The Kier molecular flexibility index (Phi) is 4.23. The summed E-state index contributed by atoms with van der Waals surface area (Å²) in [6, 6.07) is 13.2. The van der Waals surface area contributed by atoms with E-state index >= 15 is 0 Å². The molecule has 0 N–H and O–H groups in total. The average molecular weight is 353 g/mol. The predicted molar refractivity (Wildman–Crippen MR) is 98.2 cm³/mol. The summed E-state index contributed by atoms with van der Waals surface area (Å²) in [5.41, 5.74) is 1.42. The Bertz CT molecular complexity index is 803. The molecule has 1 saturated heterocycles. The highest BCUT2D eigenvalue weighted by molar-refractivity contribution is 5.95. The van der Waals surface area contributed by atoms with Gasteiger partial charge in [-0.1, -0.05) is 6.07 Å². The number of benzene rings is 2. The van der Waals surface area contributed by atoms with Crippen molar-refractivity contribution >= 4 is 5.91 Å². The van der Waals surface area contributed by atoms with Crippen molar-refractivity contribution in [2.45, 2.75) is 24.8 Å². The Hall–Kier alpha value is -2.69. The van der Waals surface area contributed by atoms with E-state index in [4.69, 9.17) is 14.2 Å². The highest BCUT2D eigenvalue weighted by atomic mass is 16.5. The number of nitrogens with zero attached hydrogens (tertiary/aromatic N) is 1. The van der Waals surface area contributed by atoms with Gasteiger partial charge in [0.05, 0.1) is 19.8 Å². The number of hydrogen-bond acceptors (Lipinski definition) is 4. The standard InChI is InChI=1S/C21H23NO4/c1-24-16-9-7-15(8-10-16)20(23)22-12-4-11-21(22)13-17-18(25-2)5-3-6-19(17)26-14-21/h3,5-10H,4,11-14H2,1-2H3. The molecule has 2 heterocycles. The van der Waals surface area contributed by atoms with Crippen molar-refractivity contribution < 1.29 is 19.0 Å². The molecule has 26 heavy (non-hydrogen) atoms. The summed E-state index contributed by atoms with van der Waals surface area (Å²) in [6.45, 7) is 1.27. The number of rotatable bonds is 3. The van der Waals surface area contributed by atoms with E-state index in [1.807, 2.05) is 47.4 Å². The van der Waals surface area contributed by atoms with E-state index in [0.29, 0.717) is 12.2 Å². The largest absolute Gasteiger partial charge is 0.497 e. The van der Waals surface area contributed by atoms with Gasteiger partial charge in [-0.15, -0.1) is 0 Å². The summed E-state index contributed by atoms with van der Waals surface area (Å²) in [6.07, 6.45) is 2.68. The zero-order valence-electron chi connectivity index (χ0n) is 15.2. The maximum Gasteiger partial charge on any atom is 0.254 e. The summed E-state index contributed by atoms with van der Waals surface area (Å²) < 4.78 is 16.8. The van der Waals surface area contributed by atoms with Crippen LogP contribution in [0.15, 0.2) is 42.5 Å². The SMILES string of the molecule is COc1ccc(C(=O)N2CCCC23COc2cccc(OC)c2C3)cc1. The molecule has 1 spiro atoms. The first-order chi connectivity index (χ1) is 12.7. The lowest BCUT2D eigenvalue weighted by Crippen LogP contribution is -2.54. The second-order valence-electron chi connectivity index (χ2n) is 6.92. The predicted octanol–water partition coefficient (Wildman–Crippen LogP) is 3.31. The Morgan fingerprint density at radius 2 is 1.92 bits per heavy atom.